The predicted molar refractivity (Wildman–Crippen MR) is 136 cm³/mol. The van der Waals surface area contributed by atoms with Crippen LogP contribution in [-0.4, -0.2) is 25.0 Å². The molecular weight excluding hydrogens is 552 g/mol. The molecule has 0 aliphatic heterocycles. The monoisotopic (exact) mass is 576 g/mol. The first-order valence-corrected chi connectivity index (χ1v) is 12.1. The lowest BCUT2D eigenvalue weighted by atomic mass is 9.82. The third-order valence-corrected chi connectivity index (χ3v) is 6.78. The summed E-state index contributed by atoms with van der Waals surface area (Å²) in [5.74, 6) is 0.157. The van der Waals surface area contributed by atoms with Gasteiger partial charge in [-0.05, 0) is 74.4 Å². The fourth-order valence-electron chi connectivity index (χ4n) is 3.06. The number of amides is 2. The number of fused-ring (bicyclic) bond motifs is 1. The van der Waals surface area contributed by atoms with Crippen molar-refractivity contribution in [1.82, 2.24) is 10.9 Å². The minimum Gasteiger partial charge on any atom is -0.484 e. The molecule has 8 heteroatoms. The fourth-order valence-corrected chi connectivity index (χ4v) is 4.05. The third kappa shape index (κ3) is 6.71. The van der Waals surface area contributed by atoms with Crippen LogP contribution in [0.4, 0.5) is 0 Å². The maximum atomic E-state index is 12.1. The number of benzene rings is 3. The van der Waals surface area contributed by atoms with Crippen molar-refractivity contribution in [2.75, 3.05) is 13.2 Å². The van der Waals surface area contributed by atoms with Gasteiger partial charge in [-0.1, -0.05) is 61.0 Å². The molecule has 3 rings (SSSR count). The maximum absolute atomic E-state index is 12.1. The molecule has 0 aliphatic carbocycles. The van der Waals surface area contributed by atoms with E-state index in [0.29, 0.717) is 11.5 Å². The summed E-state index contributed by atoms with van der Waals surface area (Å²) in [5.41, 5.74) is 5.94. The molecule has 0 heterocycles. The Kier molecular flexibility index (Phi) is 8.37. The first-order valence-electron chi connectivity index (χ1n) is 10.5. The Morgan fingerprint density at radius 1 is 0.879 bits per heavy atom. The molecule has 0 fully saturated rings. The molecule has 33 heavy (non-hydrogen) atoms. The van der Waals surface area contributed by atoms with E-state index in [4.69, 9.17) is 9.47 Å². The van der Waals surface area contributed by atoms with E-state index < -0.39 is 11.8 Å². The van der Waals surface area contributed by atoms with E-state index in [9.17, 15) is 9.59 Å². The summed E-state index contributed by atoms with van der Waals surface area (Å²) in [7, 11) is 0. The van der Waals surface area contributed by atoms with Gasteiger partial charge in [0.15, 0.2) is 13.2 Å². The average molecular weight is 578 g/mol. The number of ether oxygens (including phenoxy) is 2. The average Bonchev–Trinajstić information content (AvgIpc) is 2.81. The molecule has 0 unspecified atom stereocenters. The Morgan fingerprint density at radius 3 is 2.15 bits per heavy atom. The minimum atomic E-state index is -0.489. The highest BCUT2D eigenvalue weighted by atomic mass is 79.9. The van der Waals surface area contributed by atoms with Crippen molar-refractivity contribution in [3.63, 3.8) is 0 Å². The highest BCUT2D eigenvalue weighted by Crippen LogP contribution is 2.34. The lowest BCUT2D eigenvalue weighted by Gasteiger charge is -2.23. The quantitative estimate of drug-likeness (QED) is 0.339. The minimum absolute atomic E-state index is 0.0852. The summed E-state index contributed by atoms with van der Waals surface area (Å²) < 4.78 is 12.8. The van der Waals surface area contributed by atoms with E-state index >= 15 is 0 Å². The van der Waals surface area contributed by atoms with Gasteiger partial charge < -0.3 is 9.47 Å². The zero-order chi connectivity index (χ0) is 24.0. The van der Waals surface area contributed by atoms with Crippen molar-refractivity contribution in [2.24, 2.45) is 0 Å². The Hall–Kier alpha value is -2.58. The number of carbonyl (C=O) groups excluding carboxylic acids is 2. The summed E-state index contributed by atoms with van der Waals surface area (Å²) in [6.45, 7) is 6.04. The summed E-state index contributed by atoms with van der Waals surface area (Å²) in [6, 6.07) is 17.3. The maximum Gasteiger partial charge on any atom is 0.276 e. The van der Waals surface area contributed by atoms with Gasteiger partial charge in [0, 0.05) is 4.47 Å². The van der Waals surface area contributed by atoms with Gasteiger partial charge in [-0.15, -0.1) is 0 Å². The number of carbonyl (C=O) groups is 2. The van der Waals surface area contributed by atoms with Crippen LogP contribution in [0.25, 0.3) is 10.8 Å². The number of hydrogen-bond donors (Lipinski definition) is 2. The van der Waals surface area contributed by atoms with Gasteiger partial charge in [-0.25, -0.2) is 0 Å². The van der Waals surface area contributed by atoms with Crippen molar-refractivity contribution < 1.29 is 19.1 Å². The highest BCUT2D eigenvalue weighted by Gasteiger charge is 2.17. The first kappa shape index (κ1) is 25.1. The molecule has 2 amide bonds. The number of rotatable bonds is 8. The smallest absolute Gasteiger partial charge is 0.276 e. The van der Waals surface area contributed by atoms with Gasteiger partial charge in [-0.3, -0.25) is 20.4 Å². The molecule has 3 aromatic rings. The predicted octanol–water partition coefficient (Wildman–Crippen LogP) is 5.66. The van der Waals surface area contributed by atoms with Crippen LogP contribution in [0.5, 0.6) is 11.5 Å². The van der Waals surface area contributed by atoms with E-state index in [1.807, 2.05) is 48.5 Å². The number of nitrogens with one attached hydrogen (secondary N) is 2. The molecular formula is C25H26Br2N2O4. The largest absolute Gasteiger partial charge is 0.484 e. The van der Waals surface area contributed by atoms with E-state index in [1.165, 1.54) is 5.56 Å². The van der Waals surface area contributed by atoms with Crippen LogP contribution < -0.4 is 20.3 Å². The fraction of sp³-hybridized carbons (Fsp3) is 0.280. The van der Waals surface area contributed by atoms with Crippen LogP contribution in [0, 0.1) is 0 Å². The summed E-state index contributed by atoms with van der Waals surface area (Å²) in [6.07, 6.45) is 1.02. The third-order valence-electron chi connectivity index (χ3n) is 5.47. The van der Waals surface area contributed by atoms with Crippen molar-refractivity contribution in [3.05, 3.63) is 69.1 Å². The first-order chi connectivity index (χ1) is 15.7. The molecule has 0 aromatic heterocycles. The van der Waals surface area contributed by atoms with E-state index in [-0.39, 0.29) is 18.6 Å². The Balaban J connectivity index is 1.43. The van der Waals surface area contributed by atoms with Crippen molar-refractivity contribution in [2.45, 2.75) is 32.6 Å². The lowest BCUT2D eigenvalue weighted by Crippen LogP contribution is -2.45. The zero-order valence-corrected chi connectivity index (χ0v) is 21.9. The number of hydrazine groups is 1. The Morgan fingerprint density at radius 2 is 1.52 bits per heavy atom. The van der Waals surface area contributed by atoms with Crippen LogP contribution in [0.1, 0.15) is 32.8 Å². The SMILES string of the molecule is CCC(C)(C)c1ccc(OCC(=O)NNC(=O)COc2ccc3cc(Br)ccc3c2Br)cc1. The molecule has 0 atom stereocenters. The number of hydrogen-bond acceptors (Lipinski definition) is 4. The van der Waals surface area contributed by atoms with Crippen LogP contribution in [0.3, 0.4) is 0 Å². The van der Waals surface area contributed by atoms with Gasteiger partial charge in [-0.2, -0.15) is 0 Å². The molecule has 0 radical (unpaired) electrons. The van der Waals surface area contributed by atoms with Gasteiger partial charge >= 0.3 is 0 Å². The van der Waals surface area contributed by atoms with Gasteiger partial charge in [0.1, 0.15) is 11.5 Å². The van der Waals surface area contributed by atoms with E-state index in [2.05, 4.69) is 63.5 Å². The summed E-state index contributed by atoms with van der Waals surface area (Å²) in [4.78, 5) is 24.1. The van der Waals surface area contributed by atoms with Gasteiger partial charge in [0.2, 0.25) is 0 Å². The van der Waals surface area contributed by atoms with Crippen LogP contribution in [0.2, 0.25) is 0 Å². The molecule has 3 aromatic carbocycles. The molecule has 0 bridgehead atoms. The normalized spacial score (nSPS) is 11.2. The summed E-state index contributed by atoms with van der Waals surface area (Å²) >= 11 is 6.97. The van der Waals surface area contributed by atoms with E-state index in [0.717, 1.165) is 26.1 Å². The van der Waals surface area contributed by atoms with Crippen molar-refractivity contribution in [1.29, 1.82) is 0 Å². The van der Waals surface area contributed by atoms with Crippen molar-refractivity contribution >= 4 is 54.4 Å². The van der Waals surface area contributed by atoms with Crippen LogP contribution in [0.15, 0.2) is 63.5 Å². The van der Waals surface area contributed by atoms with E-state index in [1.54, 1.807) is 6.07 Å². The second-order valence-electron chi connectivity index (χ2n) is 8.18. The van der Waals surface area contributed by atoms with Crippen LogP contribution >= 0.6 is 31.9 Å². The Labute approximate surface area is 210 Å². The molecule has 0 aliphatic rings. The second kappa shape index (κ2) is 11.0. The van der Waals surface area contributed by atoms with Crippen molar-refractivity contribution in [3.8, 4) is 11.5 Å². The standard InChI is InChI=1S/C25H26Br2N2O4/c1-4-25(2,3)17-6-9-19(10-7-17)32-14-22(30)28-29-23(31)15-33-21-12-5-16-13-18(26)8-11-20(16)24(21)27/h5-13H,4,14-15H2,1-3H3,(H,28,30)(H,29,31). The lowest BCUT2D eigenvalue weighted by molar-refractivity contribution is -0.131. The Bertz CT molecular complexity index is 1150. The molecule has 2 N–H and O–H groups in total. The number of halogens is 2. The molecule has 174 valence electrons. The summed E-state index contributed by atoms with van der Waals surface area (Å²) in [5, 5.41) is 2.00. The zero-order valence-electron chi connectivity index (χ0n) is 18.7. The molecule has 0 saturated carbocycles. The second-order valence-corrected chi connectivity index (χ2v) is 9.89. The van der Waals surface area contributed by atoms with Gasteiger partial charge in [0.05, 0.1) is 4.47 Å². The molecule has 0 saturated heterocycles. The molecule has 6 nitrogen and oxygen atoms in total. The highest BCUT2D eigenvalue weighted by molar-refractivity contribution is 9.11. The topological polar surface area (TPSA) is 76.7 Å². The van der Waals surface area contributed by atoms with Crippen LogP contribution in [-0.2, 0) is 15.0 Å². The van der Waals surface area contributed by atoms with Gasteiger partial charge in [0.25, 0.3) is 11.8 Å². The molecule has 0 spiro atoms.